The predicted octanol–water partition coefficient (Wildman–Crippen LogP) is 4.80. The predicted molar refractivity (Wildman–Crippen MR) is 118 cm³/mol. The van der Waals surface area contributed by atoms with Crippen molar-refractivity contribution < 1.29 is 4.79 Å². The molecule has 0 atom stereocenters. The molecule has 0 spiro atoms. The first-order chi connectivity index (χ1) is 13.4. The van der Waals surface area contributed by atoms with Gasteiger partial charge in [0.15, 0.2) is 0 Å². The van der Waals surface area contributed by atoms with Crippen molar-refractivity contribution in [3.63, 3.8) is 0 Å². The second-order valence-electron chi connectivity index (χ2n) is 6.48. The molecule has 0 bridgehead atoms. The molecule has 6 heteroatoms. The molecule has 1 aromatic heterocycles. The van der Waals surface area contributed by atoms with Crippen molar-refractivity contribution in [3.05, 3.63) is 87.1 Å². The van der Waals surface area contributed by atoms with Crippen LogP contribution in [0.1, 0.15) is 27.1 Å². The molecule has 5 nitrogen and oxygen atoms in total. The first-order valence-corrected chi connectivity index (χ1v) is 9.65. The molecule has 0 saturated heterocycles. The van der Waals surface area contributed by atoms with Crippen LogP contribution in [-0.4, -0.2) is 11.7 Å². The zero-order valence-corrected chi connectivity index (χ0v) is 16.3. The van der Waals surface area contributed by atoms with E-state index in [2.05, 4.69) is 16.8 Å². The van der Waals surface area contributed by atoms with Crippen molar-refractivity contribution in [1.82, 2.24) is 0 Å². The van der Waals surface area contributed by atoms with Gasteiger partial charge in [-0.1, -0.05) is 24.3 Å². The second kappa shape index (κ2) is 8.54. The van der Waals surface area contributed by atoms with Crippen LogP contribution in [0.2, 0.25) is 0 Å². The molecular weight excluding hydrogens is 368 g/mol. The quantitative estimate of drug-likeness (QED) is 0.358. The molecule has 0 saturated carbocycles. The topological polar surface area (TPSA) is 105 Å². The number of hydrogen-bond acceptors (Lipinski definition) is 4. The molecule has 0 radical (unpaired) electrons. The number of thiophene rings is 1. The molecule has 28 heavy (non-hydrogen) atoms. The van der Waals surface area contributed by atoms with Crippen LogP contribution in [0.3, 0.4) is 0 Å². The lowest BCUT2D eigenvalue weighted by molar-refractivity contribution is 0.259. The van der Waals surface area contributed by atoms with Gasteiger partial charge in [-0.05, 0) is 65.4 Å². The number of rotatable bonds is 6. The molecule has 3 rings (SSSR count). The van der Waals surface area contributed by atoms with Gasteiger partial charge in [0.1, 0.15) is 0 Å². The number of nitrogen functional groups attached to an aromatic ring is 1. The molecule has 0 fully saturated rings. The van der Waals surface area contributed by atoms with E-state index in [1.165, 1.54) is 4.88 Å². The maximum absolute atomic E-state index is 11.0. The third kappa shape index (κ3) is 4.86. The Morgan fingerprint density at radius 2 is 2.04 bits per heavy atom. The summed E-state index contributed by atoms with van der Waals surface area (Å²) in [7, 11) is 0. The van der Waals surface area contributed by atoms with Crippen molar-refractivity contribution in [2.45, 2.75) is 13.3 Å². The normalized spacial score (nSPS) is 10.9. The van der Waals surface area contributed by atoms with E-state index in [-0.39, 0.29) is 0 Å². The van der Waals surface area contributed by atoms with Gasteiger partial charge in [0.05, 0.1) is 5.71 Å². The maximum atomic E-state index is 11.0. The summed E-state index contributed by atoms with van der Waals surface area (Å²) in [6.45, 7) is 2.04. The first-order valence-electron chi connectivity index (χ1n) is 8.77. The van der Waals surface area contributed by atoms with Gasteiger partial charge in [0, 0.05) is 28.2 Å². The molecule has 2 amide bonds. The van der Waals surface area contributed by atoms with Gasteiger partial charge in [0.25, 0.3) is 0 Å². The van der Waals surface area contributed by atoms with Gasteiger partial charge < -0.3 is 22.2 Å². The number of aryl methyl sites for hydroxylation is 1. The summed E-state index contributed by atoms with van der Waals surface area (Å²) in [5, 5.41) is 13.1. The Kier molecular flexibility index (Phi) is 5.91. The van der Waals surface area contributed by atoms with E-state index in [4.69, 9.17) is 16.9 Å². The summed E-state index contributed by atoms with van der Waals surface area (Å²) >= 11 is 1.72. The Morgan fingerprint density at radius 3 is 2.75 bits per heavy atom. The van der Waals surface area contributed by atoms with Crippen molar-refractivity contribution in [2.24, 2.45) is 5.73 Å². The average Bonchev–Trinajstić information content (AvgIpc) is 3.15. The van der Waals surface area contributed by atoms with Gasteiger partial charge in [-0.25, -0.2) is 4.79 Å². The molecule has 3 aromatic rings. The number of nitrogens with two attached hydrogens (primary N) is 2. The first kappa shape index (κ1) is 19.4. The minimum atomic E-state index is -0.612. The minimum absolute atomic E-state index is 0.332. The number of carbonyl (C=O) groups excluding carboxylic acids is 1. The van der Waals surface area contributed by atoms with Crippen LogP contribution in [0.25, 0.3) is 6.08 Å². The highest BCUT2D eigenvalue weighted by Gasteiger charge is 2.09. The lowest BCUT2D eigenvalue weighted by Crippen LogP contribution is -2.19. The number of hydrogen-bond donors (Lipinski definition) is 4. The zero-order valence-electron chi connectivity index (χ0n) is 15.5. The standard InChI is InChI=1S/C22H22N4OS/c1-14-10-21(24)19(13-16(14)12-18-6-3-9-28-18)20(23)8-7-15-4-2-5-17(11-15)26-22(25)27/h2-11,13,23H,12,24H2,1H3,(H3,25,26,27)/b8-7+,23-20?. The van der Waals surface area contributed by atoms with Crippen LogP contribution in [0.15, 0.2) is 60.0 Å². The number of anilines is 2. The molecule has 6 N–H and O–H groups in total. The van der Waals surface area contributed by atoms with Crippen molar-refractivity contribution in [2.75, 3.05) is 11.1 Å². The summed E-state index contributed by atoms with van der Waals surface area (Å²) in [5.74, 6) is 0. The average molecular weight is 391 g/mol. The number of carbonyl (C=O) groups is 1. The smallest absolute Gasteiger partial charge is 0.316 e. The lowest BCUT2D eigenvalue weighted by atomic mass is 9.97. The summed E-state index contributed by atoms with van der Waals surface area (Å²) in [5.41, 5.74) is 16.7. The molecule has 1 heterocycles. The highest BCUT2D eigenvalue weighted by atomic mass is 32.1. The van der Waals surface area contributed by atoms with Crippen molar-refractivity contribution >= 4 is 40.5 Å². The van der Waals surface area contributed by atoms with Crippen LogP contribution < -0.4 is 16.8 Å². The summed E-state index contributed by atoms with van der Waals surface area (Å²) in [6, 6.07) is 14.7. The number of urea groups is 1. The van der Waals surface area contributed by atoms with Crippen molar-refractivity contribution in [3.8, 4) is 0 Å². The second-order valence-corrected chi connectivity index (χ2v) is 7.52. The Hall–Kier alpha value is -3.38. The Balaban J connectivity index is 1.82. The number of allylic oxidation sites excluding steroid dienone is 1. The van der Waals surface area contributed by atoms with E-state index in [1.807, 2.05) is 43.3 Å². The fourth-order valence-corrected chi connectivity index (χ4v) is 3.66. The largest absolute Gasteiger partial charge is 0.398 e. The van der Waals surface area contributed by atoms with E-state index in [9.17, 15) is 4.79 Å². The van der Waals surface area contributed by atoms with E-state index in [0.717, 1.165) is 23.1 Å². The molecule has 0 aliphatic carbocycles. The van der Waals surface area contributed by atoms with E-state index in [0.29, 0.717) is 22.6 Å². The number of primary amides is 1. The lowest BCUT2D eigenvalue weighted by Gasteiger charge is -2.11. The summed E-state index contributed by atoms with van der Waals surface area (Å²) < 4.78 is 0. The highest BCUT2D eigenvalue weighted by molar-refractivity contribution is 7.09. The highest BCUT2D eigenvalue weighted by Crippen LogP contribution is 2.24. The molecule has 0 aliphatic rings. The van der Waals surface area contributed by atoms with Crippen LogP contribution in [-0.2, 0) is 6.42 Å². The van der Waals surface area contributed by atoms with Gasteiger partial charge in [-0.3, -0.25) is 0 Å². The van der Waals surface area contributed by atoms with Gasteiger partial charge in [-0.15, -0.1) is 11.3 Å². The number of nitrogens with one attached hydrogen (secondary N) is 2. The fourth-order valence-electron chi connectivity index (χ4n) is 2.93. The summed E-state index contributed by atoms with van der Waals surface area (Å²) in [6.07, 6.45) is 4.35. The van der Waals surface area contributed by atoms with Crippen LogP contribution >= 0.6 is 11.3 Å². The third-order valence-corrected chi connectivity index (χ3v) is 5.22. The Labute approximate surface area is 168 Å². The fraction of sp³-hybridized carbons (Fsp3) is 0.0909. The van der Waals surface area contributed by atoms with Crippen LogP contribution in [0.4, 0.5) is 16.2 Å². The molecular formula is C22H22N4OS. The van der Waals surface area contributed by atoms with Gasteiger partial charge >= 0.3 is 6.03 Å². The van der Waals surface area contributed by atoms with Gasteiger partial charge in [-0.2, -0.15) is 0 Å². The zero-order chi connectivity index (χ0) is 20.1. The van der Waals surface area contributed by atoms with Crippen LogP contribution in [0, 0.1) is 12.3 Å². The van der Waals surface area contributed by atoms with Gasteiger partial charge in [0.2, 0.25) is 0 Å². The molecule has 0 unspecified atom stereocenters. The SMILES string of the molecule is Cc1cc(N)c(C(=N)/C=C/c2cccc(NC(N)=O)c2)cc1Cc1cccs1. The monoisotopic (exact) mass is 390 g/mol. The number of benzene rings is 2. The molecule has 0 aliphatic heterocycles. The molecule has 2 aromatic carbocycles. The minimum Gasteiger partial charge on any atom is -0.398 e. The number of amides is 2. The Bertz CT molecular complexity index is 1040. The van der Waals surface area contributed by atoms with Crippen LogP contribution in [0.5, 0.6) is 0 Å². The summed E-state index contributed by atoms with van der Waals surface area (Å²) in [4.78, 5) is 12.3. The third-order valence-electron chi connectivity index (χ3n) is 4.34. The Morgan fingerprint density at radius 1 is 1.21 bits per heavy atom. The van der Waals surface area contributed by atoms with E-state index in [1.54, 1.807) is 29.5 Å². The maximum Gasteiger partial charge on any atom is 0.316 e. The molecule has 142 valence electrons. The van der Waals surface area contributed by atoms with Crippen molar-refractivity contribution in [1.29, 1.82) is 5.41 Å². The van der Waals surface area contributed by atoms with E-state index < -0.39 is 6.03 Å². The van der Waals surface area contributed by atoms with E-state index >= 15 is 0 Å².